The highest BCUT2D eigenvalue weighted by molar-refractivity contribution is 4.69. The van der Waals surface area contributed by atoms with Crippen LogP contribution in [0.2, 0.25) is 0 Å². The minimum absolute atomic E-state index is 0.284. The summed E-state index contributed by atoms with van der Waals surface area (Å²) < 4.78 is 11.5. The fraction of sp³-hybridized carbons (Fsp3) is 1.00. The molecular weight excluding hydrogens is 200 g/mol. The quantitative estimate of drug-likeness (QED) is 0.496. The summed E-state index contributed by atoms with van der Waals surface area (Å²) in [5, 5.41) is 0. The van der Waals surface area contributed by atoms with Gasteiger partial charge < -0.3 is 9.47 Å². The van der Waals surface area contributed by atoms with Gasteiger partial charge in [0.25, 0.3) is 0 Å². The average molecular weight is 230 g/mol. The van der Waals surface area contributed by atoms with Crippen LogP contribution in [0.4, 0.5) is 0 Å². The van der Waals surface area contributed by atoms with Gasteiger partial charge in [0.15, 0.2) is 0 Å². The van der Waals surface area contributed by atoms with Gasteiger partial charge in [-0.1, -0.05) is 39.5 Å². The number of hydrogen-bond donors (Lipinski definition) is 0. The fourth-order valence-corrected chi connectivity index (χ4v) is 2.07. The molecule has 0 spiro atoms. The molecule has 0 saturated heterocycles. The summed E-state index contributed by atoms with van der Waals surface area (Å²) in [4.78, 5) is 0. The van der Waals surface area contributed by atoms with E-state index in [1.807, 2.05) is 0 Å². The Labute approximate surface area is 102 Å². The standard InChI is InChI=1S/C14H30O2/c1-5-9-10-11-12-14(16-8-4)13(6-2)15-7-3/h13-14H,5-12H2,1-4H3. The minimum atomic E-state index is 0.284. The zero-order chi connectivity index (χ0) is 12.2. The molecule has 0 aliphatic heterocycles. The first kappa shape index (κ1) is 15.9. The van der Waals surface area contributed by atoms with Crippen molar-refractivity contribution < 1.29 is 9.47 Å². The Balaban J connectivity index is 3.91. The third kappa shape index (κ3) is 7.24. The number of ether oxygens (including phenoxy) is 2. The molecule has 0 aliphatic rings. The summed E-state index contributed by atoms with van der Waals surface area (Å²) in [6.45, 7) is 10.1. The molecule has 0 saturated carbocycles. The highest BCUT2D eigenvalue weighted by atomic mass is 16.5. The van der Waals surface area contributed by atoms with Gasteiger partial charge in [-0.2, -0.15) is 0 Å². The van der Waals surface area contributed by atoms with Crippen molar-refractivity contribution in [2.45, 2.75) is 78.4 Å². The normalized spacial score (nSPS) is 15.0. The molecule has 0 heterocycles. The van der Waals surface area contributed by atoms with Crippen LogP contribution in [-0.2, 0) is 9.47 Å². The molecule has 98 valence electrons. The van der Waals surface area contributed by atoms with Crippen LogP contribution in [0.3, 0.4) is 0 Å². The monoisotopic (exact) mass is 230 g/mol. The zero-order valence-corrected chi connectivity index (χ0v) is 11.6. The number of rotatable bonds is 11. The first-order valence-corrected chi connectivity index (χ1v) is 7.03. The molecule has 2 nitrogen and oxygen atoms in total. The van der Waals surface area contributed by atoms with Gasteiger partial charge in [-0.05, 0) is 26.7 Å². The van der Waals surface area contributed by atoms with E-state index in [4.69, 9.17) is 9.47 Å². The molecule has 2 heteroatoms. The van der Waals surface area contributed by atoms with E-state index in [1.54, 1.807) is 0 Å². The maximum atomic E-state index is 5.80. The third-order valence-corrected chi connectivity index (χ3v) is 2.92. The first-order valence-electron chi connectivity index (χ1n) is 7.03. The first-order chi connectivity index (χ1) is 7.79. The molecule has 0 radical (unpaired) electrons. The molecule has 2 atom stereocenters. The van der Waals surface area contributed by atoms with E-state index < -0.39 is 0 Å². The van der Waals surface area contributed by atoms with E-state index >= 15 is 0 Å². The van der Waals surface area contributed by atoms with Crippen LogP contribution in [0.25, 0.3) is 0 Å². The Morgan fingerprint density at radius 2 is 1.38 bits per heavy atom. The molecule has 16 heavy (non-hydrogen) atoms. The van der Waals surface area contributed by atoms with Crippen molar-refractivity contribution in [1.82, 2.24) is 0 Å². The second-order valence-electron chi connectivity index (χ2n) is 4.25. The van der Waals surface area contributed by atoms with Gasteiger partial charge in [0, 0.05) is 13.2 Å². The van der Waals surface area contributed by atoms with E-state index in [2.05, 4.69) is 27.7 Å². The van der Waals surface area contributed by atoms with E-state index in [9.17, 15) is 0 Å². The third-order valence-electron chi connectivity index (χ3n) is 2.92. The van der Waals surface area contributed by atoms with Gasteiger partial charge in [-0.15, -0.1) is 0 Å². The minimum Gasteiger partial charge on any atom is -0.376 e. The molecule has 0 aliphatic carbocycles. The Bertz CT molecular complexity index is 137. The molecule has 0 aromatic heterocycles. The van der Waals surface area contributed by atoms with Crippen LogP contribution in [0, 0.1) is 0 Å². The fourth-order valence-electron chi connectivity index (χ4n) is 2.07. The Kier molecular flexibility index (Phi) is 11.3. The summed E-state index contributed by atoms with van der Waals surface area (Å²) in [6.07, 6.45) is 7.99. The lowest BCUT2D eigenvalue weighted by atomic mass is 10.0. The van der Waals surface area contributed by atoms with Crippen molar-refractivity contribution >= 4 is 0 Å². The van der Waals surface area contributed by atoms with Crippen molar-refractivity contribution in [1.29, 1.82) is 0 Å². The highest BCUT2D eigenvalue weighted by Crippen LogP contribution is 2.16. The topological polar surface area (TPSA) is 18.5 Å². The van der Waals surface area contributed by atoms with Crippen LogP contribution in [0.1, 0.15) is 66.2 Å². The lowest BCUT2D eigenvalue weighted by Crippen LogP contribution is -2.31. The Morgan fingerprint density at radius 1 is 0.750 bits per heavy atom. The van der Waals surface area contributed by atoms with E-state index in [-0.39, 0.29) is 6.10 Å². The van der Waals surface area contributed by atoms with Gasteiger partial charge in [-0.3, -0.25) is 0 Å². The van der Waals surface area contributed by atoms with Crippen molar-refractivity contribution in [2.75, 3.05) is 13.2 Å². The van der Waals surface area contributed by atoms with Crippen LogP contribution in [0.5, 0.6) is 0 Å². The van der Waals surface area contributed by atoms with Gasteiger partial charge in [-0.25, -0.2) is 0 Å². The summed E-state index contributed by atoms with van der Waals surface area (Å²) in [5.74, 6) is 0. The van der Waals surface area contributed by atoms with Crippen LogP contribution >= 0.6 is 0 Å². The second kappa shape index (κ2) is 11.4. The van der Waals surface area contributed by atoms with E-state index in [0.717, 1.165) is 26.1 Å². The highest BCUT2D eigenvalue weighted by Gasteiger charge is 2.19. The van der Waals surface area contributed by atoms with Gasteiger partial charge >= 0.3 is 0 Å². The van der Waals surface area contributed by atoms with Crippen LogP contribution in [0.15, 0.2) is 0 Å². The van der Waals surface area contributed by atoms with E-state index in [0.29, 0.717) is 6.10 Å². The smallest absolute Gasteiger partial charge is 0.0836 e. The van der Waals surface area contributed by atoms with Crippen molar-refractivity contribution in [3.05, 3.63) is 0 Å². The van der Waals surface area contributed by atoms with E-state index in [1.165, 1.54) is 25.7 Å². The second-order valence-corrected chi connectivity index (χ2v) is 4.25. The molecule has 0 aromatic carbocycles. The van der Waals surface area contributed by atoms with Crippen LogP contribution in [-0.4, -0.2) is 25.4 Å². The lowest BCUT2D eigenvalue weighted by molar-refractivity contribution is -0.0721. The molecule has 0 bridgehead atoms. The average Bonchev–Trinajstić information content (AvgIpc) is 2.30. The number of hydrogen-bond acceptors (Lipinski definition) is 2. The summed E-state index contributed by atoms with van der Waals surface area (Å²) >= 11 is 0. The predicted octanol–water partition coefficient (Wildman–Crippen LogP) is 4.18. The summed E-state index contributed by atoms with van der Waals surface area (Å²) in [5.41, 5.74) is 0. The van der Waals surface area contributed by atoms with Crippen molar-refractivity contribution in [3.63, 3.8) is 0 Å². The Hall–Kier alpha value is -0.0800. The summed E-state index contributed by atoms with van der Waals surface area (Å²) in [6, 6.07) is 0. The molecule has 0 aromatic rings. The maximum absolute atomic E-state index is 5.80. The molecule has 0 N–H and O–H groups in total. The SMILES string of the molecule is CCCCCCC(OCC)C(CC)OCC. The largest absolute Gasteiger partial charge is 0.376 e. The van der Waals surface area contributed by atoms with Crippen LogP contribution < -0.4 is 0 Å². The molecule has 0 rings (SSSR count). The van der Waals surface area contributed by atoms with Crippen molar-refractivity contribution in [2.24, 2.45) is 0 Å². The number of unbranched alkanes of at least 4 members (excludes halogenated alkanes) is 3. The zero-order valence-electron chi connectivity index (χ0n) is 11.6. The predicted molar refractivity (Wildman–Crippen MR) is 69.9 cm³/mol. The molecule has 2 unspecified atom stereocenters. The van der Waals surface area contributed by atoms with Gasteiger partial charge in [0.1, 0.15) is 0 Å². The maximum Gasteiger partial charge on any atom is 0.0836 e. The van der Waals surface area contributed by atoms with Gasteiger partial charge in [0.05, 0.1) is 12.2 Å². The molecule has 0 fully saturated rings. The molecule has 0 amide bonds. The Morgan fingerprint density at radius 3 is 1.88 bits per heavy atom. The van der Waals surface area contributed by atoms with Gasteiger partial charge in [0.2, 0.25) is 0 Å². The summed E-state index contributed by atoms with van der Waals surface area (Å²) in [7, 11) is 0. The lowest BCUT2D eigenvalue weighted by Gasteiger charge is -2.26. The van der Waals surface area contributed by atoms with Crippen molar-refractivity contribution in [3.8, 4) is 0 Å². The molecular formula is C14H30O2.